The monoisotopic (exact) mass is 202 g/mol. The molecule has 0 aromatic carbocycles. The van der Waals surface area contributed by atoms with Crippen LogP contribution in [-0.2, 0) is 0 Å². The first-order valence-corrected chi connectivity index (χ1v) is 4.16. The molecule has 74 valence electrons. The molecule has 0 spiro atoms. The minimum atomic E-state index is -0.370. The van der Waals surface area contributed by atoms with Gasteiger partial charge in [0.05, 0.1) is 0 Å². The van der Waals surface area contributed by atoms with Gasteiger partial charge in [0.25, 0.3) is 0 Å². The fourth-order valence-corrected chi connectivity index (χ4v) is 0.561. The van der Waals surface area contributed by atoms with Gasteiger partial charge in [0, 0.05) is 6.54 Å². The van der Waals surface area contributed by atoms with Crippen molar-refractivity contribution in [3.63, 3.8) is 0 Å². The van der Waals surface area contributed by atoms with Crippen molar-refractivity contribution >= 4 is 23.4 Å². The molecule has 0 aliphatic carbocycles. The van der Waals surface area contributed by atoms with E-state index in [0.29, 0.717) is 6.54 Å². The van der Waals surface area contributed by atoms with Crippen LogP contribution in [0.4, 0.5) is 4.79 Å². The molecule has 0 heterocycles. The molecular weight excluding hydrogens is 188 g/mol. The molecule has 0 unspecified atom stereocenters. The number of nitrogens with two attached hydrogens (primary N) is 1. The maximum absolute atomic E-state index is 10.9. The van der Waals surface area contributed by atoms with E-state index in [9.17, 15) is 4.79 Å². The van der Waals surface area contributed by atoms with Crippen molar-refractivity contribution in [2.75, 3.05) is 6.54 Å². The van der Waals surface area contributed by atoms with Crippen molar-refractivity contribution in [2.45, 2.75) is 13.8 Å². The van der Waals surface area contributed by atoms with Gasteiger partial charge in [-0.25, -0.2) is 10.2 Å². The van der Waals surface area contributed by atoms with Crippen LogP contribution in [0.2, 0.25) is 0 Å². The summed E-state index contributed by atoms with van der Waals surface area (Å²) in [5.74, 6) is 0. The first kappa shape index (κ1) is 11.7. The molecule has 0 fully saturated rings. The zero-order chi connectivity index (χ0) is 10.3. The molecule has 5 nitrogen and oxygen atoms in total. The van der Waals surface area contributed by atoms with Gasteiger partial charge in [-0.15, -0.1) is 0 Å². The standard InChI is InChI=1S/C7H14N4OS/c1-5(2)3-4-9-7(12)11-10-6(8)13/h3H,4H2,1-2H3,(H3,8,10,13)(H2,9,11,12). The highest BCUT2D eigenvalue weighted by molar-refractivity contribution is 7.80. The van der Waals surface area contributed by atoms with E-state index in [2.05, 4.69) is 28.4 Å². The maximum atomic E-state index is 10.9. The zero-order valence-electron chi connectivity index (χ0n) is 7.68. The fourth-order valence-electron chi connectivity index (χ4n) is 0.510. The molecule has 6 heteroatoms. The molecule has 0 rings (SSSR count). The summed E-state index contributed by atoms with van der Waals surface area (Å²) >= 11 is 4.48. The molecule has 13 heavy (non-hydrogen) atoms. The third kappa shape index (κ3) is 8.61. The SMILES string of the molecule is CC(C)=CCNC(=O)NNC(N)=S. The Morgan fingerprint density at radius 3 is 2.54 bits per heavy atom. The topological polar surface area (TPSA) is 79.2 Å². The van der Waals surface area contributed by atoms with Crippen LogP contribution in [0.3, 0.4) is 0 Å². The van der Waals surface area contributed by atoms with E-state index in [-0.39, 0.29) is 11.1 Å². The first-order chi connectivity index (χ1) is 6.02. The van der Waals surface area contributed by atoms with Crippen molar-refractivity contribution in [3.8, 4) is 0 Å². The highest BCUT2D eigenvalue weighted by atomic mass is 32.1. The minimum Gasteiger partial charge on any atom is -0.375 e. The third-order valence-corrected chi connectivity index (χ3v) is 1.17. The fraction of sp³-hybridized carbons (Fsp3) is 0.429. The number of hydrazine groups is 1. The Kier molecular flexibility index (Phi) is 5.62. The van der Waals surface area contributed by atoms with Crippen molar-refractivity contribution in [1.29, 1.82) is 0 Å². The normalized spacial score (nSPS) is 8.46. The summed E-state index contributed by atoms with van der Waals surface area (Å²) in [7, 11) is 0. The number of carbonyl (C=O) groups is 1. The highest BCUT2D eigenvalue weighted by Gasteiger charge is 1.95. The average Bonchev–Trinajstić information content (AvgIpc) is 2.00. The number of urea groups is 1. The summed E-state index contributed by atoms with van der Waals surface area (Å²) in [6.07, 6.45) is 1.89. The van der Waals surface area contributed by atoms with Crippen molar-refractivity contribution in [3.05, 3.63) is 11.6 Å². The number of allylic oxidation sites excluding steroid dienone is 1. The number of rotatable bonds is 2. The van der Waals surface area contributed by atoms with Crippen LogP contribution in [0.15, 0.2) is 11.6 Å². The van der Waals surface area contributed by atoms with Crippen LogP contribution in [0, 0.1) is 0 Å². The second-order valence-corrected chi connectivity index (χ2v) is 3.05. The Hall–Kier alpha value is -1.30. The summed E-state index contributed by atoms with van der Waals surface area (Å²) in [5.41, 5.74) is 10.8. The molecule has 0 radical (unpaired) electrons. The van der Waals surface area contributed by atoms with E-state index in [0.717, 1.165) is 5.57 Å². The molecular formula is C7H14N4OS. The second kappa shape index (κ2) is 6.24. The summed E-state index contributed by atoms with van der Waals surface area (Å²) in [5, 5.41) is 2.59. The zero-order valence-corrected chi connectivity index (χ0v) is 8.49. The van der Waals surface area contributed by atoms with E-state index in [4.69, 9.17) is 5.73 Å². The summed E-state index contributed by atoms with van der Waals surface area (Å²) in [4.78, 5) is 10.9. The van der Waals surface area contributed by atoms with Crippen LogP contribution in [0.5, 0.6) is 0 Å². The number of hydrogen-bond acceptors (Lipinski definition) is 2. The lowest BCUT2D eigenvalue weighted by Crippen LogP contribution is -2.48. The van der Waals surface area contributed by atoms with Gasteiger partial charge in [-0.3, -0.25) is 5.43 Å². The van der Waals surface area contributed by atoms with Gasteiger partial charge in [-0.05, 0) is 26.1 Å². The molecule has 0 aliphatic heterocycles. The van der Waals surface area contributed by atoms with Gasteiger partial charge >= 0.3 is 6.03 Å². The van der Waals surface area contributed by atoms with Gasteiger partial charge in [-0.2, -0.15) is 0 Å². The largest absolute Gasteiger partial charge is 0.375 e. The maximum Gasteiger partial charge on any atom is 0.333 e. The predicted molar refractivity (Wildman–Crippen MR) is 55.9 cm³/mol. The second-order valence-electron chi connectivity index (χ2n) is 2.61. The van der Waals surface area contributed by atoms with E-state index >= 15 is 0 Å². The lowest BCUT2D eigenvalue weighted by atomic mass is 10.3. The van der Waals surface area contributed by atoms with Gasteiger partial charge < -0.3 is 11.1 Å². The first-order valence-electron chi connectivity index (χ1n) is 3.75. The number of amides is 2. The third-order valence-electron chi connectivity index (χ3n) is 1.07. The molecule has 0 saturated heterocycles. The van der Waals surface area contributed by atoms with Crippen LogP contribution in [0.1, 0.15) is 13.8 Å². The van der Waals surface area contributed by atoms with Crippen LogP contribution < -0.4 is 21.9 Å². The molecule has 2 amide bonds. The molecule has 0 bridgehead atoms. The van der Waals surface area contributed by atoms with Crippen LogP contribution in [0.25, 0.3) is 0 Å². The molecule has 0 aromatic rings. The van der Waals surface area contributed by atoms with E-state index in [1.54, 1.807) is 0 Å². The van der Waals surface area contributed by atoms with Crippen molar-refractivity contribution in [1.82, 2.24) is 16.2 Å². The Bertz CT molecular complexity index is 223. The lowest BCUT2D eigenvalue weighted by molar-refractivity contribution is 0.240. The van der Waals surface area contributed by atoms with Crippen LogP contribution >= 0.6 is 12.2 Å². The Labute approximate surface area is 82.7 Å². The van der Waals surface area contributed by atoms with E-state index < -0.39 is 0 Å². The smallest absolute Gasteiger partial charge is 0.333 e. The molecule has 0 saturated carbocycles. The van der Waals surface area contributed by atoms with Gasteiger partial charge in [-0.1, -0.05) is 11.6 Å². The molecule has 5 N–H and O–H groups in total. The van der Waals surface area contributed by atoms with Crippen molar-refractivity contribution < 1.29 is 4.79 Å². The van der Waals surface area contributed by atoms with E-state index in [1.807, 2.05) is 19.9 Å². The van der Waals surface area contributed by atoms with Crippen molar-refractivity contribution in [2.24, 2.45) is 5.73 Å². The lowest BCUT2D eigenvalue weighted by Gasteiger charge is -2.06. The summed E-state index contributed by atoms with van der Waals surface area (Å²) < 4.78 is 0. The number of hydrogen-bond donors (Lipinski definition) is 4. The summed E-state index contributed by atoms with van der Waals surface area (Å²) in [6.45, 7) is 4.38. The Balaban J connectivity index is 3.52. The van der Waals surface area contributed by atoms with Gasteiger partial charge in [0.1, 0.15) is 0 Å². The number of carbonyl (C=O) groups excluding carboxylic acids is 1. The molecule has 0 atom stereocenters. The minimum absolute atomic E-state index is 0.0253. The van der Waals surface area contributed by atoms with Gasteiger partial charge in [0.15, 0.2) is 5.11 Å². The summed E-state index contributed by atoms with van der Waals surface area (Å²) in [6, 6.07) is -0.370. The predicted octanol–water partition coefficient (Wildman–Crippen LogP) is 0.000000000000000167. The molecule has 0 aliphatic rings. The highest BCUT2D eigenvalue weighted by Crippen LogP contribution is 1.84. The molecule has 0 aromatic heterocycles. The number of nitrogens with one attached hydrogen (secondary N) is 3. The number of thiocarbonyl (C=S) groups is 1. The van der Waals surface area contributed by atoms with E-state index in [1.165, 1.54) is 0 Å². The van der Waals surface area contributed by atoms with Crippen LogP contribution in [-0.4, -0.2) is 17.7 Å². The quantitative estimate of drug-likeness (QED) is 0.289. The Morgan fingerprint density at radius 2 is 2.08 bits per heavy atom. The van der Waals surface area contributed by atoms with Gasteiger partial charge in [0.2, 0.25) is 0 Å². The average molecular weight is 202 g/mol. The Morgan fingerprint density at radius 1 is 1.46 bits per heavy atom.